The van der Waals surface area contributed by atoms with Crippen LogP contribution >= 0.6 is 15.9 Å². The first kappa shape index (κ1) is 12.9. The van der Waals surface area contributed by atoms with Crippen LogP contribution in [0.1, 0.15) is 23.2 Å². The van der Waals surface area contributed by atoms with Gasteiger partial charge in [-0.05, 0) is 47.0 Å². The summed E-state index contributed by atoms with van der Waals surface area (Å²) >= 11 is 3.28. The lowest BCUT2D eigenvalue weighted by Crippen LogP contribution is -2.40. The van der Waals surface area contributed by atoms with Gasteiger partial charge in [-0.3, -0.25) is 4.79 Å². The molecule has 18 heavy (non-hydrogen) atoms. The van der Waals surface area contributed by atoms with Crippen molar-refractivity contribution in [1.82, 2.24) is 4.90 Å². The van der Waals surface area contributed by atoms with E-state index in [-0.39, 0.29) is 5.91 Å². The monoisotopic (exact) mass is 312 g/mol. The fourth-order valence-electron chi connectivity index (χ4n) is 2.13. The fraction of sp³-hybridized carbons (Fsp3) is 0.333. The average molecular weight is 313 g/mol. The van der Waals surface area contributed by atoms with Gasteiger partial charge in [0.2, 0.25) is 0 Å². The van der Waals surface area contributed by atoms with Crippen LogP contribution in [0.4, 0.5) is 5.69 Å². The first-order valence-electron chi connectivity index (χ1n) is 5.59. The Kier molecular flexibility index (Phi) is 3.56. The number of rotatable bonds is 2. The van der Waals surface area contributed by atoms with Gasteiger partial charge in [0.05, 0.1) is 5.56 Å². The lowest BCUT2D eigenvalue weighted by atomic mass is 10.1. The molecule has 1 aliphatic rings. The highest BCUT2D eigenvalue weighted by molar-refractivity contribution is 9.10. The van der Waals surface area contributed by atoms with E-state index in [2.05, 4.69) is 15.9 Å². The van der Waals surface area contributed by atoms with Crippen molar-refractivity contribution in [2.75, 3.05) is 12.3 Å². The quantitative estimate of drug-likeness (QED) is 0.814. The van der Waals surface area contributed by atoms with Gasteiger partial charge in [-0.1, -0.05) is 0 Å². The number of nitrogens with zero attached hydrogens (tertiary/aromatic N) is 1. The molecule has 0 aromatic heterocycles. The van der Waals surface area contributed by atoms with Gasteiger partial charge < -0.3 is 15.7 Å². The van der Waals surface area contributed by atoms with Crippen molar-refractivity contribution in [2.45, 2.75) is 18.9 Å². The number of carbonyl (C=O) groups is 2. The minimum atomic E-state index is -0.958. The van der Waals surface area contributed by atoms with Crippen molar-refractivity contribution in [2.24, 2.45) is 0 Å². The topological polar surface area (TPSA) is 83.6 Å². The summed E-state index contributed by atoms with van der Waals surface area (Å²) in [6.45, 7) is 0.469. The number of carboxylic acid groups (broad SMARTS) is 1. The summed E-state index contributed by atoms with van der Waals surface area (Å²) in [6, 6.07) is 4.20. The molecule has 1 amide bonds. The molecule has 2 rings (SSSR count). The number of hydrogen-bond donors (Lipinski definition) is 2. The van der Waals surface area contributed by atoms with Crippen LogP contribution in [0.5, 0.6) is 0 Å². The number of benzene rings is 1. The summed E-state index contributed by atoms with van der Waals surface area (Å²) in [5, 5.41) is 9.07. The summed E-state index contributed by atoms with van der Waals surface area (Å²) in [6.07, 6.45) is 1.21. The number of nitrogens with two attached hydrogens (primary N) is 1. The van der Waals surface area contributed by atoms with Crippen LogP contribution in [0.15, 0.2) is 22.7 Å². The van der Waals surface area contributed by atoms with E-state index in [0.717, 1.165) is 0 Å². The number of nitrogen functional groups attached to an aromatic ring is 1. The minimum absolute atomic E-state index is 0.293. The van der Waals surface area contributed by atoms with E-state index in [1.54, 1.807) is 18.2 Å². The third kappa shape index (κ3) is 2.33. The molecule has 6 heteroatoms. The van der Waals surface area contributed by atoms with Crippen LogP contribution in [-0.4, -0.2) is 34.5 Å². The second-order valence-corrected chi connectivity index (χ2v) is 5.09. The highest BCUT2D eigenvalue weighted by Crippen LogP contribution is 2.25. The Morgan fingerprint density at radius 2 is 2.17 bits per heavy atom. The molecule has 0 bridgehead atoms. The maximum atomic E-state index is 12.3. The van der Waals surface area contributed by atoms with Gasteiger partial charge in [-0.15, -0.1) is 0 Å². The molecule has 1 fully saturated rings. The van der Waals surface area contributed by atoms with E-state index in [1.165, 1.54) is 4.90 Å². The summed E-state index contributed by atoms with van der Waals surface area (Å²) in [7, 11) is 0. The molecule has 0 spiro atoms. The van der Waals surface area contributed by atoms with Crippen molar-refractivity contribution in [3.05, 3.63) is 28.2 Å². The third-order valence-electron chi connectivity index (χ3n) is 3.02. The molecule has 1 aliphatic heterocycles. The molecule has 0 aliphatic carbocycles. The first-order valence-corrected chi connectivity index (χ1v) is 6.39. The SMILES string of the molecule is Nc1ccc(Br)c(C(=O)N2CCC[C@H]2C(=O)O)c1. The van der Waals surface area contributed by atoms with Gasteiger partial charge in [0, 0.05) is 16.7 Å². The lowest BCUT2D eigenvalue weighted by molar-refractivity contribution is -0.141. The van der Waals surface area contributed by atoms with Crippen molar-refractivity contribution < 1.29 is 14.7 Å². The van der Waals surface area contributed by atoms with Gasteiger partial charge in [0.15, 0.2) is 0 Å². The van der Waals surface area contributed by atoms with Crippen molar-refractivity contribution in [3.63, 3.8) is 0 Å². The molecule has 1 atom stereocenters. The zero-order chi connectivity index (χ0) is 13.3. The molecule has 5 nitrogen and oxygen atoms in total. The van der Waals surface area contributed by atoms with Crippen LogP contribution in [0.2, 0.25) is 0 Å². The maximum Gasteiger partial charge on any atom is 0.326 e. The van der Waals surface area contributed by atoms with Crippen molar-refractivity contribution in [3.8, 4) is 0 Å². The smallest absolute Gasteiger partial charge is 0.326 e. The fourth-order valence-corrected chi connectivity index (χ4v) is 2.54. The molecule has 1 aromatic carbocycles. The lowest BCUT2D eigenvalue weighted by Gasteiger charge is -2.22. The molecule has 1 saturated heterocycles. The Morgan fingerprint density at radius 1 is 1.44 bits per heavy atom. The standard InChI is InChI=1S/C12H13BrN2O3/c13-9-4-3-7(14)6-8(9)11(16)15-5-1-2-10(15)12(17)18/h3-4,6,10H,1-2,5,14H2,(H,17,18)/t10-/m0/s1. The van der Waals surface area contributed by atoms with E-state index >= 15 is 0 Å². The normalized spacial score (nSPS) is 18.9. The predicted octanol–water partition coefficient (Wildman–Crippen LogP) is 1.72. The number of hydrogen-bond acceptors (Lipinski definition) is 3. The van der Waals surface area contributed by atoms with Crippen molar-refractivity contribution in [1.29, 1.82) is 0 Å². The largest absolute Gasteiger partial charge is 0.480 e. The van der Waals surface area contributed by atoms with Gasteiger partial charge in [0.25, 0.3) is 5.91 Å². The van der Waals surface area contributed by atoms with E-state index in [4.69, 9.17) is 10.8 Å². The number of likely N-dealkylation sites (tertiary alicyclic amines) is 1. The maximum absolute atomic E-state index is 12.3. The number of anilines is 1. The van der Waals surface area contributed by atoms with Crippen LogP contribution in [0, 0.1) is 0 Å². The Hall–Kier alpha value is -1.56. The minimum Gasteiger partial charge on any atom is -0.480 e. The van der Waals surface area contributed by atoms with Crippen LogP contribution in [0.3, 0.4) is 0 Å². The molecular formula is C12H13BrN2O3. The average Bonchev–Trinajstić information content (AvgIpc) is 2.80. The summed E-state index contributed by atoms with van der Waals surface area (Å²) < 4.78 is 0.623. The third-order valence-corrected chi connectivity index (χ3v) is 3.71. The Labute approximate surface area is 113 Å². The molecule has 1 heterocycles. The number of halogens is 1. The zero-order valence-corrected chi connectivity index (χ0v) is 11.2. The van der Waals surface area contributed by atoms with E-state index in [1.807, 2.05) is 0 Å². The van der Waals surface area contributed by atoms with Crippen molar-refractivity contribution >= 4 is 33.5 Å². The molecular weight excluding hydrogens is 300 g/mol. The Morgan fingerprint density at radius 3 is 2.83 bits per heavy atom. The Balaban J connectivity index is 2.31. The second kappa shape index (κ2) is 4.97. The van der Waals surface area contributed by atoms with Gasteiger partial charge in [-0.25, -0.2) is 4.79 Å². The predicted molar refractivity (Wildman–Crippen MR) is 70.2 cm³/mol. The molecule has 3 N–H and O–H groups in total. The Bertz CT molecular complexity index is 504. The number of carboxylic acids is 1. The number of amides is 1. The molecule has 96 valence electrons. The van der Waals surface area contributed by atoms with Gasteiger partial charge >= 0.3 is 5.97 Å². The van der Waals surface area contributed by atoms with Crippen LogP contribution < -0.4 is 5.73 Å². The first-order chi connectivity index (χ1) is 8.50. The molecule has 0 unspecified atom stereocenters. The van der Waals surface area contributed by atoms with E-state index in [0.29, 0.717) is 35.1 Å². The van der Waals surface area contributed by atoms with E-state index < -0.39 is 12.0 Å². The molecule has 0 saturated carbocycles. The van der Waals surface area contributed by atoms with E-state index in [9.17, 15) is 9.59 Å². The van der Waals surface area contributed by atoms with Crippen LogP contribution in [0.25, 0.3) is 0 Å². The summed E-state index contributed by atoms with van der Waals surface area (Å²) in [5.41, 5.74) is 6.54. The molecule has 0 radical (unpaired) electrons. The highest BCUT2D eigenvalue weighted by atomic mass is 79.9. The molecule has 1 aromatic rings. The zero-order valence-electron chi connectivity index (χ0n) is 9.60. The highest BCUT2D eigenvalue weighted by Gasteiger charge is 2.34. The summed E-state index contributed by atoms with van der Waals surface area (Å²) in [4.78, 5) is 24.8. The second-order valence-electron chi connectivity index (χ2n) is 4.23. The van der Waals surface area contributed by atoms with Gasteiger partial charge in [-0.2, -0.15) is 0 Å². The van der Waals surface area contributed by atoms with Gasteiger partial charge in [0.1, 0.15) is 6.04 Å². The number of aliphatic carboxylic acids is 1. The summed E-state index contributed by atoms with van der Waals surface area (Å²) in [5.74, 6) is -1.25. The van der Waals surface area contributed by atoms with Crippen LogP contribution in [-0.2, 0) is 4.79 Å². The number of carbonyl (C=O) groups excluding carboxylic acids is 1.